The van der Waals surface area contributed by atoms with Crippen molar-refractivity contribution in [3.63, 3.8) is 0 Å². The van der Waals surface area contributed by atoms with E-state index in [1.165, 1.54) is 22.7 Å². The third kappa shape index (κ3) is 5.65. The number of hydrazone groups is 1. The summed E-state index contributed by atoms with van der Waals surface area (Å²) in [5, 5.41) is 15.7. The van der Waals surface area contributed by atoms with Crippen LogP contribution in [-0.4, -0.2) is 57.2 Å². The second-order valence-corrected chi connectivity index (χ2v) is 9.75. The van der Waals surface area contributed by atoms with Crippen LogP contribution in [0.2, 0.25) is 0 Å². The number of morpholine rings is 1. The zero-order valence-corrected chi connectivity index (χ0v) is 19.9. The van der Waals surface area contributed by atoms with Crippen LogP contribution in [0.15, 0.2) is 82.8 Å². The number of para-hydroxylation sites is 1. The van der Waals surface area contributed by atoms with Gasteiger partial charge in [0.2, 0.25) is 10.0 Å². The molecule has 1 fully saturated rings. The fourth-order valence-corrected chi connectivity index (χ4v) is 5.04. The zero-order chi connectivity index (χ0) is 24.8. The summed E-state index contributed by atoms with van der Waals surface area (Å²) in [5.74, 6) is 0. The van der Waals surface area contributed by atoms with Crippen molar-refractivity contribution in [1.29, 1.82) is 0 Å². The number of benzene rings is 3. The van der Waals surface area contributed by atoms with Gasteiger partial charge in [-0.05, 0) is 42.0 Å². The zero-order valence-electron chi connectivity index (χ0n) is 19.1. The van der Waals surface area contributed by atoms with Gasteiger partial charge in [0.15, 0.2) is 0 Å². The first kappa shape index (κ1) is 24.3. The van der Waals surface area contributed by atoms with Crippen molar-refractivity contribution in [2.24, 2.45) is 5.10 Å². The van der Waals surface area contributed by atoms with E-state index in [1.807, 2.05) is 61.6 Å². The minimum Gasteiger partial charge on any atom is -0.379 e. The van der Waals surface area contributed by atoms with Crippen molar-refractivity contribution in [3.05, 3.63) is 88.5 Å². The van der Waals surface area contributed by atoms with E-state index < -0.39 is 14.9 Å². The first-order chi connectivity index (χ1) is 16.9. The highest BCUT2D eigenvalue weighted by molar-refractivity contribution is 7.89. The molecule has 1 aliphatic heterocycles. The van der Waals surface area contributed by atoms with Gasteiger partial charge in [0.05, 0.1) is 29.2 Å². The molecule has 0 aliphatic carbocycles. The summed E-state index contributed by atoms with van der Waals surface area (Å²) in [6.07, 6.45) is 1.54. The topological polar surface area (TPSA) is 117 Å². The maximum absolute atomic E-state index is 12.8. The third-order valence-electron chi connectivity index (χ3n) is 5.60. The van der Waals surface area contributed by atoms with Crippen molar-refractivity contribution in [3.8, 4) is 0 Å². The Labute approximate surface area is 203 Å². The molecule has 11 heteroatoms. The molecule has 1 saturated heterocycles. The molecule has 1 heterocycles. The molecule has 0 unspecified atom stereocenters. The van der Waals surface area contributed by atoms with E-state index >= 15 is 0 Å². The molecule has 4 rings (SSSR count). The lowest BCUT2D eigenvalue weighted by Gasteiger charge is -2.26. The molecule has 0 aromatic heterocycles. The third-order valence-corrected chi connectivity index (χ3v) is 7.49. The van der Waals surface area contributed by atoms with Gasteiger partial charge in [-0.1, -0.05) is 30.3 Å². The van der Waals surface area contributed by atoms with E-state index in [4.69, 9.17) is 4.74 Å². The Morgan fingerprint density at radius 3 is 2.34 bits per heavy atom. The Hall–Kier alpha value is -3.80. The quantitative estimate of drug-likeness (QED) is 0.287. The highest BCUT2D eigenvalue weighted by Gasteiger charge is 2.28. The van der Waals surface area contributed by atoms with Crippen molar-refractivity contribution in [1.82, 2.24) is 4.31 Å². The van der Waals surface area contributed by atoms with Crippen LogP contribution in [0.3, 0.4) is 0 Å². The molecule has 1 N–H and O–H groups in total. The molecule has 182 valence electrons. The summed E-state index contributed by atoms with van der Waals surface area (Å²) in [4.78, 5) is 12.9. The number of nitrogens with one attached hydrogen (secondary N) is 1. The van der Waals surface area contributed by atoms with Crippen LogP contribution in [0.1, 0.15) is 5.56 Å². The van der Waals surface area contributed by atoms with Crippen molar-refractivity contribution in [2.75, 3.05) is 43.7 Å². The van der Waals surface area contributed by atoms with Gasteiger partial charge in [-0.2, -0.15) is 9.41 Å². The second-order valence-electron chi connectivity index (χ2n) is 7.81. The Bertz CT molecular complexity index is 1310. The average molecular weight is 496 g/mol. The van der Waals surface area contributed by atoms with E-state index in [1.54, 1.807) is 0 Å². The van der Waals surface area contributed by atoms with E-state index in [-0.39, 0.29) is 29.4 Å². The number of hydrogen-bond acceptors (Lipinski definition) is 8. The number of nitro benzene ring substituents is 1. The summed E-state index contributed by atoms with van der Waals surface area (Å²) < 4.78 is 32.1. The molecule has 0 saturated carbocycles. The Morgan fingerprint density at radius 1 is 1.03 bits per heavy atom. The van der Waals surface area contributed by atoms with Gasteiger partial charge < -0.3 is 9.64 Å². The van der Waals surface area contributed by atoms with Gasteiger partial charge in [0.25, 0.3) is 5.69 Å². The number of rotatable bonds is 8. The Morgan fingerprint density at radius 2 is 1.69 bits per heavy atom. The molecule has 0 bridgehead atoms. The maximum Gasteiger partial charge on any atom is 0.295 e. The van der Waals surface area contributed by atoms with Crippen LogP contribution in [0.4, 0.5) is 22.7 Å². The van der Waals surface area contributed by atoms with Crippen LogP contribution in [0.5, 0.6) is 0 Å². The molecule has 0 radical (unpaired) electrons. The molecule has 10 nitrogen and oxygen atoms in total. The summed E-state index contributed by atoms with van der Waals surface area (Å²) in [7, 11) is -1.88. The van der Waals surface area contributed by atoms with Crippen molar-refractivity contribution >= 4 is 39.0 Å². The number of nitro groups is 1. The molecule has 1 aliphatic rings. The van der Waals surface area contributed by atoms with Crippen LogP contribution in [-0.2, 0) is 14.8 Å². The smallest absolute Gasteiger partial charge is 0.295 e. The predicted molar refractivity (Wildman–Crippen MR) is 135 cm³/mol. The van der Waals surface area contributed by atoms with E-state index in [2.05, 4.69) is 15.4 Å². The molecule has 0 atom stereocenters. The lowest BCUT2D eigenvalue weighted by molar-refractivity contribution is -0.384. The van der Waals surface area contributed by atoms with E-state index in [9.17, 15) is 18.5 Å². The number of nitrogens with zero attached hydrogens (tertiary/aromatic N) is 4. The lowest BCUT2D eigenvalue weighted by atomic mass is 10.2. The van der Waals surface area contributed by atoms with Gasteiger partial charge in [-0.3, -0.25) is 15.5 Å². The van der Waals surface area contributed by atoms with Crippen LogP contribution < -0.4 is 10.3 Å². The monoisotopic (exact) mass is 495 g/mol. The number of hydrogen-bond donors (Lipinski definition) is 1. The molecule has 35 heavy (non-hydrogen) atoms. The molecular formula is C24H25N5O5S. The Kier molecular flexibility index (Phi) is 7.39. The maximum atomic E-state index is 12.8. The largest absolute Gasteiger partial charge is 0.379 e. The van der Waals surface area contributed by atoms with Gasteiger partial charge in [-0.25, -0.2) is 8.42 Å². The van der Waals surface area contributed by atoms with Gasteiger partial charge in [-0.15, -0.1) is 0 Å². The summed E-state index contributed by atoms with van der Waals surface area (Å²) in [6, 6.07) is 21.3. The fraction of sp³-hybridized carbons (Fsp3) is 0.208. The molecule has 0 amide bonds. The lowest BCUT2D eigenvalue weighted by Crippen LogP contribution is -2.40. The molecule has 0 spiro atoms. The molecular weight excluding hydrogens is 470 g/mol. The van der Waals surface area contributed by atoms with Gasteiger partial charge in [0, 0.05) is 37.6 Å². The summed E-state index contributed by atoms with van der Waals surface area (Å²) in [5.41, 5.74) is 5.21. The van der Waals surface area contributed by atoms with Crippen molar-refractivity contribution < 1.29 is 18.1 Å². The highest BCUT2D eigenvalue weighted by Crippen LogP contribution is 2.29. The number of anilines is 3. The molecule has 3 aromatic carbocycles. The van der Waals surface area contributed by atoms with Crippen LogP contribution in [0, 0.1) is 10.1 Å². The average Bonchev–Trinajstić information content (AvgIpc) is 2.89. The summed E-state index contributed by atoms with van der Waals surface area (Å²) >= 11 is 0. The van der Waals surface area contributed by atoms with Crippen LogP contribution in [0.25, 0.3) is 0 Å². The normalized spacial score (nSPS) is 14.7. The fourth-order valence-electron chi connectivity index (χ4n) is 3.61. The van der Waals surface area contributed by atoms with Crippen LogP contribution >= 0.6 is 0 Å². The van der Waals surface area contributed by atoms with E-state index in [0.717, 1.165) is 23.0 Å². The van der Waals surface area contributed by atoms with E-state index in [0.29, 0.717) is 13.2 Å². The minimum absolute atomic E-state index is 0.0904. The molecule has 3 aromatic rings. The number of sulfonamides is 1. The predicted octanol–water partition coefficient (Wildman–Crippen LogP) is 3.83. The Balaban J connectivity index is 1.47. The first-order valence-corrected chi connectivity index (χ1v) is 12.3. The SMILES string of the molecule is CN(c1ccccc1)c1ccc(C=NNc2ccc(S(=O)(=O)N3CCOCC3)cc2[N+](=O)[O-])cc1. The number of ether oxygens (including phenoxy) is 1. The second kappa shape index (κ2) is 10.6. The highest BCUT2D eigenvalue weighted by atomic mass is 32.2. The van der Waals surface area contributed by atoms with Crippen molar-refractivity contribution in [2.45, 2.75) is 4.90 Å². The van der Waals surface area contributed by atoms with Gasteiger partial charge in [0.1, 0.15) is 5.69 Å². The van der Waals surface area contributed by atoms with Gasteiger partial charge >= 0.3 is 0 Å². The minimum atomic E-state index is -3.85. The standard InChI is InChI=1S/C24H25N5O5S/c1-27(20-5-3-2-4-6-20)21-9-7-19(8-10-21)18-25-26-23-12-11-22(17-24(23)29(30)31)35(32,33)28-13-15-34-16-14-28/h2-12,17-18,26H,13-16H2,1H3. The first-order valence-electron chi connectivity index (χ1n) is 10.9. The summed E-state index contributed by atoms with van der Waals surface area (Å²) in [6.45, 7) is 0.999.